The Morgan fingerprint density at radius 3 is 2.29 bits per heavy atom. The second kappa shape index (κ2) is 8.13. The number of rotatable bonds is 5. The maximum Gasteiger partial charge on any atom is 0.396 e. The zero-order valence-corrected chi connectivity index (χ0v) is 18.4. The second-order valence-electron chi connectivity index (χ2n) is 7.25. The van der Waals surface area contributed by atoms with E-state index in [4.69, 9.17) is 4.42 Å². The number of benzene rings is 3. The number of amides is 1. The monoisotopic (exact) mass is 453 g/mol. The number of sulfonamides is 1. The van der Waals surface area contributed by atoms with Crippen molar-refractivity contribution < 1.29 is 17.6 Å². The molecule has 6 nitrogen and oxygen atoms in total. The van der Waals surface area contributed by atoms with E-state index in [9.17, 15) is 18.0 Å². The van der Waals surface area contributed by atoms with Crippen molar-refractivity contribution >= 4 is 43.2 Å². The second-order valence-corrected chi connectivity index (χ2v) is 10.0. The van der Waals surface area contributed by atoms with Gasteiger partial charge >= 0.3 is 4.94 Å². The minimum atomic E-state index is -4.23. The van der Waals surface area contributed by atoms with E-state index in [1.807, 2.05) is 13.8 Å². The first kappa shape index (κ1) is 21.0. The lowest BCUT2D eigenvalue weighted by atomic mass is 10.0. The molecule has 0 fully saturated rings. The van der Waals surface area contributed by atoms with Crippen molar-refractivity contribution in [1.82, 2.24) is 0 Å². The fraction of sp³-hybridized carbons (Fsp3) is 0.130. The minimum Gasteiger partial charge on any atom is -0.414 e. The zero-order chi connectivity index (χ0) is 22.2. The van der Waals surface area contributed by atoms with Gasteiger partial charge in [0.25, 0.3) is 15.9 Å². The van der Waals surface area contributed by atoms with Gasteiger partial charge in [-0.05, 0) is 53.9 Å². The molecule has 4 aromatic rings. The van der Waals surface area contributed by atoms with E-state index in [0.717, 1.165) is 21.2 Å². The van der Waals surface area contributed by atoms with Gasteiger partial charge in [0.05, 0.1) is 15.3 Å². The number of hydrogen-bond acceptors (Lipinski definition) is 6. The maximum atomic E-state index is 13.6. The van der Waals surface area contributed by atoms with Crippen LogP contribution in [0, 0.1) is 0 Å². The molecule has 0 saturated carbocycles. The molecule has 0 spiro atoms. The number of carbonyl (C=O) groups excluding carboxylic acids is 1. The third-order valence-electron chi connectivity index (χ3n) is 4.84. The number of carbonyl (C=O) groups is 1. The molecule has 0 bridgehead atoms. The van der Waals surface area contributed by atoms with Crippen LogP contribution in [-0.2, 0) is 10.0 Å². The van der Waals surface area contributed by atoms with Crippen LogP contribution in [0.15, 0.2) is 86.9 Å². The summed E-state index contributed by atoms with van der Waals surface area (Å²) in [5.74, 6) is -0.450. The molecule has 0 unspecified atom stereocenters. The van der Waals surface area contributed by atoms with Gasteiger partial charge in [0.15, 0.2) is 0 Å². The molecule has 0 radical (unpaired) electrons. The fourth-order valence-corrected chi connectivity index (χ4v) is 5.29. The van der Waals surface area contributed by atoms with E-state index in [0.29, 0.717) is 10.3 Å². The van der Waals surface area contributed by atoms with Gasteiger partial charge in [-0.15, -0.1) is 0 Å². The Labute approximate surface area is 183 Å². The summed E-state index contributed by atoms with van der Waals surface area (Å²) in [6.07, 6.45) is 0. The first-order chi connectivity index (χ1) is 14.8. The fourth-order valence-electron chi connectivity index (χ4n) is 3.18. The van der Waals surface area contributed by atoms with E-state index in [-0.39, 0.29) is 22.1 Å². The first-order valence-corrected chi connectivity index (χ1v) is 11.8. The topological polar surface area (TPSA) is 84.7 Å². The van der Waals surface area contributed by atoms with Gasteiger partial charge < -0.3 is 4.42 Å². The maximum absolute atomic E-state index is 13.6. The van der Waals surface area contributed by atoms with Gasteiger partial charge in [-0.2, -0.15) is 4.31 Å². The van der Waals surface area contributed by atoms with Crippen molar-refractivity contribution in [2.24, 2.45) is 0 Å². The molecule has 4 rings (SSSR count). The highest BCUT2D eigenvalue weighted by atomic mass is 32.2. The number of fused-ring (bicyclic) bond motifs is 1. The average Bonchev–Trinajstić information content (AvgIpc) is 3.13. The Kier molecular flexibility index (Phi) is 5.51. The van der Waals surface area contributed by atoms with Crippen molar-refractivity contribution in [2.75, 3.05) is 4.31 Å². The van der Waals surface area contributed by atoms with Crippen LogP contribution in [0.2, 0.25) is 0 Å². The van der Waals surface area contributed by atoms with Crippen molar-refractivity contribution in [2.45, 2.75) is 24.7 Å². The molecule has 31 heavy (non-hydrogen) atoms. The van der Waals surface area contributed by atoms with Crippen LogP contribution in [0.5, 0.6) is 0 Å². The predicted octanol–water partition coefficient (Wildman–Crippen LogP) is 5.01. The standard InChI is InChI=1S/C23H19NO5S2/c1-15(2)16-8-11-19(12-9-16)31(27,28)24(22(25)17-6-4-3-5-7-17)18-10-13-20-21(14-18)30-23(26)29-20/h3-15H,1-2H3. The molecule has 0 aliphatic carbocycles. The van der Waals surface area contributed by atoms with Crippen molar-refractivity contribution in [3.63, 3.8) is 0 Å². The number of nitrogens with zero attached hydrogens (tertiary/aromatic N) is 1. The molecule has 1 heterocycles. The minimum absolute atomic E-state index is 0.00154. The van der Waals surface area contributed by atoms with Crippen LogP contribution in [0.25, 0.3) is 10.3 Å². The van der Waals surface area contributed by atoms with Crippen molar-refractivity contribution in [3.05, 3.63) is 93.7 Å². The SMILES string of the molecule is CC(C)c1ccc(S(=O)(=O)N(C(=O)c2ccccc2)c2ccc3oc(=O)sc3c2)cc1. The molecular weight excluding hydrogens is 434 g/mol. The van der Waals surface area contributed by atoms with E-state index in [1.54, 1.807) is 42.5 Å². The largest absolute Gasteiger partial charge is 0.414 e. The molecule has 0 aliphatic rings. The van der Waals surface area contributed by atoms with Crippen molar-refractivity contribution in [1.29, 1.82) is 0 Å². The van der Waals surface area contributed by atoms with Crippen LogP contribution >= 0.6 is 11.3 Å². The Balaban J connectivity index is 1.88. The highest BCUT2D eigenvalue weighted by Gasteiger charge is 2.32. The highest BCUT2D eigenvalue weighted by molar-refractivity contribution is 7.93. The molecular formula is C23H19NO5S2. The summed E-state index contributed by atoms with van der Waals surface area (Å²) < 4.78 is 33.5. The van der Waals surface area contributed by atoms with Crippen LogP contribution in [0.1, 0.15) is 35.7 Å². The molecule has 3 aromatic carbocycles. The quantitative estimate of drug-likeness (QED) is 0.424. The number of anilines is 1. The Morgan fingerprint density at radius 2 is 1.65 bits per heavy atom. The molecule has 0 atom stereocenters. The molecule has 8 heteroatoms. The van der Waals surface area contributed by atoms with Crippen LogP contribution in [-0.4, -0.2) is 14.3 Å². The molecule has 0 N–H and O–H groups in total. The van der Waals surface area contributed by atoms with E-state index in [2.05, 4.69) is 0 Å². The van der Waals surface area contributed by atoms with Gasteiger partial charge in [-0.3, -0.25) is 4.79 Å². The third kappa shape index (κ3) is 4.04. The normalized spacial score (nSPS) is 11.7. The predicted molar refractivity (Wildman–Crippen MR) is 121 cm³/mol. The summed E-state index contributed by atoms with van der Waals surface area (Å²) in [5, 5.41) is 0. The van der Waals surface area contributed by atoms with Crippen LogP contribution < -0.4 is 9.24 Å². The van der Waals surface area contributed by atoms with Gasteiger partial charge in [-0.25, -0.2) is 13.2 Å². The summed E-state index contributed by atoms with van der Waals surface area (Å²) in [6, 6.07) is 19.1. The Morgan fingerprint density at radius 1 is 0.968 bits per heavy atom. The average molecular weight is 454 g/mol. The molecule has 0 saturated heterocycles. The van der Waals surface area contributed by atoms with Gasteiger partial charge in [0.1, 0.15) is 5.58 Å². The third-order valence-corrected chi connectivity index (χ3v) is 7.35. The summed E-state index contributed by atoms with van der Waals surface area (Å²) >= 11 is 0.848. The Hall–Kier alpha value is -3.23. The van der Waals surface area contributed by atoms with Crippen LogP contribution in [0.3, 0.4) is 0 Å². The summed E-state index contributed by atoms with van der Waals surface area (Å²) in [7, 11) is -4.23. The number of hydrogen-bond donors (Lipinski definition) is 0. The molecule has 1 aromatic heterocycles. The smallest absolute Gasteiger partial charge is 0.396 e. The Bertz CT molecular complexity index is 1400. The molecule has 158 valence electrons. The lowest BCUT2D eigenvalue weighted by Crippen LogP contribution is -2.37. The summed E-state index contributed by atoms with van der Waals surface area (Å²) in [4.78, 5) is 24.4. The lowest BCUT2D eigenvalue weighted by molar-refractivity contribution is 0.101. The van der Waals surface area contributed by atoms with E-state index >= 15 is 0 Å². The van der Waals surface area contributed by atoms with Crippen molar-refractivity contribution in [3.8, 4) is 0 Å². The van der Waals surface area contributed by atoms with Gasteiger partial charge in [0, 0.05) is 5.56 Å². The van der Waals surface area contributed by atoms with Gasteiger partial charge in [0.2, 0.25) is 0 Å². The zero-order valence-electron chi connectivity index (χ0n) is 16.8. The van der Waals surface area contributed by atoms with Crippen LogP contribution in [0.4, 0.5) is 5.69 Å². The highest BCUT2D eigenvalue weighted by Crippen LogP contribution is 2.30. The molecule has 1 amide bonds. The summed E-state index contributed by atoms with van der Waals surface area (Å²) in [6.45, 7) is 4.03. The first-order valence-electron chi connectivity index (χ1n) is 9.56. The van der Waals surface area contributed by atoms with Gasteiger partial charge in [-0.1, -0.05) is 55.5 Å². The van der Waals surface area contributed by atoms with E-state index < -0.39 is 20.9 Å². The summed E-state index contributed by atoms with van der Waals surface area (Å²) in [5.41, 5.74) is 1.69. The lowest BCUT2D eigenvalue weighted by Gasteiger charge is -2.23. The molecule has 0 aliphatic heterocycles. The van der Waals surface area contributed by atoms with E-state index in [1.165, 1.54) is 30.3 Å².